The van der Waals surface area contributed by atoms with E-state index in [2.05, 4.69) is 36.1 Å². The summed E-state index contributed by atoms with van der Waals surface area (Å²) in [6.07, 6.45) is 3.14. The summed E-state index contributed by atoms with van der Waals surface area (Å²) >= 11 is 0. The smallest absolute Gasteiger partial charge is 0.238 e. The lowest BCUT2D eigenvalue weighted by Gasteiger charge is -2.20. The summed E-state index contributed by atoms with van der Waals surface area (Å²) in [6.45, 7) is 8.67. The first kappa shape index (κ1) is 15.4. The molecule has 0 bridgehead atoms. The number of rotatable bonds is 4. The molecule has 1 heterocycles. The number of benzene rings is 1. The molecule has 112 valence electrons. The van der Waals surface area contributed by atoms with Gasteiger partial charge in [0.1, 0.15) is 0 Å². The number of aryl methyl sites for hydroxylation is 1. The Kier molecular flexibility index (Phi) is 4.53. The molecular formula is C16H20FN3O. The summed E-state index contributed by atoms with van der Waals surface area (Å²) < 4.78 is 19.2. The number of halogens is 1. The third-order valence-corrected chi connectivity index (χ3v) is 2.76. The van der Waals surface area contributed by atoms with Crippen LogP contribution in [0.3, 0.4) is 0 Å². The molecular weight excluding hydrogens is 269 g/mol. The normalized spacial score (nSPS) is 11.5. The van der Waals surface area contributed by atoms with Crippen molar-refractivity contribution < 1.29 is 9.13 Å². The molecule has 0 aliphatic heterocycles. The van der Waals surface area contributed by atoms with Gasteiger partial charge in [-0.15, -0.1) is 0 Å². The van der Waals surface area contributed by atoms with E-state index in [4.69, 9.17) is 4.74 Å². The molecule has 0 radical (unpaired) electrons. The second-order valence-corrected chi connectivity index (χ2v) is 5.99. The quantitative estimate of drug-likeness (QED) is 0.934. The van der Waals surface area contributed by atoms with Gasteiger partial charge in [-0.1, -0.05) is 6.07 Å². The van der Waals surface area contributed by atoms with Crippen LogP contribution < -0.4 is 10.1 Å². The molecule has 0 amide bonds. The van der Waals surface area contributed by atoms with Gasteiger partial charge in [0.2, 0.25) is 5.88 Å². The Bertz CT molecular complexity index is 623. The van der Waals surface area contributed by atoms with Gasteiger partial charge in [-0.05, 0) is 45.4 Å². The maximum absolute atomic E-state index is 13.7. The van der Waals surface area contributed by atoms with Gasteiger partial charge < -0.3 is 10.1 Å². The predicted molar refractivity (Wildman–Crippen MR) is 79.8 cm³/mol. The Balaban J connectivity index is 2.12. The van der Waals surface area contributed by atoms with Gasteiger partial charge in [0.05, 0.1) is 11.9 Å². The Morgan fingerprint density at radius 3 is 2.71 bits per heavy atom. The highest BCUT2D eigenvalue weighted by atomic mass is 19.1. The number of ether oxygens (including phenoxy) is 1. The van der Waals surface area contributed by atoms with Crippen molar-refractivity contribution in [3.63, 3.8) is 0 Å². The summed E-state index contributed by atoms with van der Waals surface area (Å²) in [7, 11) is 0. The molecule has 0 atom stereocenters. The first-order chi connectivity index (χ1) is 9.83. The van der Waals surface area contributed by atoms with E-state index in [-0.39, 0.29) is 17.2 Å². The average Bonchev–Trinajstić information content (AvgIpc) is 2.40. The topological polar surface area (TPSA) is 47.0 Å². The van der Waals surface area contributed by atoms with Gasteiger partial charge in [0, 0.05) is 18.3 Å². The van der Waals surface area contributed by atoms with E-state index in [0.717, 1.165) is 11.3 Å². The Hall–Kier alpha value is -2.01. The zero-order valence-electron chi connectivity index (χ0n) is 12.8. The van der Waals surface area contributed by atoms with Crippen LogP contribution in [0.15, 0.2) is 30.6 Å². The molecule has 1 N–H and O–H groups in total. The second-order valence-electron chi connectivity index (χ2n) is 5.99. The average molecular weight is 289 g/mol. The third-order valence-electron chi connectivity index (χ3n) is 2.76. The first-order valence-corrected chi connectivity index (χ1v) is 6.83. The Labute approximate surface area is 124 Å². The van der Waals surface area contributed by atoms with Crippen LogP contribution in [-0.4, -0.2) is 15.5 Å². The molecule has 0 unspecified atom stereocenters. The highest BCUT2D eigenvalue weighted by Gasteiger charge is 2.10. The van der Waals surface area contributed by atoms with Crippen LogP contribution in [0.1, 0.15) is 32.0 Å². The Morgan fingerprint density at radius 1 is 1.24 bits per heavy atom. The number of hydrogen-bond acceptors (Lipinski definition) is 4. The van der Waals surface area contributed by atoms with Crippen molar-refractivity contribution in [2.45, 2.75) is 39.8 Å². The van der Waals surface area contributed by atoms with Crippen LogP contribution in [0.2, 0.25) is 0 Å². The van der Waals surface area contributed by atoms with Crippen LogP contribution in [-0.2, 0) is 6.54 Å². The van der Waals surface area contributed by atoms with Crippen LogP contribution in [0.4, 0.5) is 4.39 Å². The summed E-state index contributed by atoms with van der Waals surface area (Å²) in [5.74, 6) is 0.0264. The fourth-order valence-corrected chi connectivity index (χ4v) is 1.68. The van der Waals surface area contributed by atoms with E-state index in [1.807, 2.05) is 6.92 Å². The summed E-state index contributed by atoms with van der Waals surface area (Å²) in [5, 5.41) is 3.32. The standard InChI is InChI=1S/C16H20FN3O/c1-11-5-6-13(17)14(7-11)21-15-10-18-8-12(20-15)9-19-16(2,3)4/h5-8,10,19H,9H2,1-4H3. The van der Waals surface area contributed by atoms with Crippen LogP contribution in [0, 0.1) is 12.7 Å². The van der Waals surface area contributed by atoms with Crippen molar-refractivity contribution in [1.29, 1.82) is 0 Å². The predicted octanol–water partition coefficient (Wildman–Crippen LogP) is 3.60. The summed E-state index contributed by atoms with van der Waals surface area (Å²) in [5.41, 5.74) is 1.65. The van der Waals surface area contributed by atoms with E-state index in [1.165, 1.54) is 12.3 Å². The molecule has 0 saturated carbocycles. The molecule has 2 aromatic rings. The van der Waals surface area contributed by atoms with Crippen molar-refractivity contribution >= 4 is 0 Å². The SMILES string of the molecule is Cc1ccc(F)c(Oc2cncc(CNC(C)(C)C)n2)c1. The van der Waals surface area contributed by atoms with Crippen molar-refractivity contribution in [2.75, 3.05) is 0 Å². The maximum atomic E-state index is 13.7. The van der Waals surface area contributed by atoms with E-state index in [1.54, 1.807) is 18.3 Å². The molecule has 0 spiro atoms. The molecule has 5 heteroatoms. The second kappa shape index (κ2) is 6.18. The lowest BCUT2D eigenvalue weighted by atomic mass is 10.1. The summed E-state index contributed by atoms with van der Waals surface area (Å²) in [6, 6.07) is 4.71. The van der Waals surface area contributed by atoms with Gasteiger partial charge in [0.25, 0.3) is 0 Å². The van der Waals surface area contributed by atoms with Crippen LogP contribution in [0.5, 0.6) is 11.6 Å². The minimum atomic E-state index is -0.416. The molecule has 1 aromatic heterocycles. The molecule has 1 aromatic carbocycles. The van der Waals surface area contributed by atoms with Crippen molar-refractivity contribution in [3.8, 4) is 11.6 Å². The molecule has 0 saturated heterocycles. The molecule has 0 fully saturated rings. The minimum absolute atomic E-state index is 0.0127. The van der Waals surface area contributed by atoms with Crippen LogP contribution >= 0.6 is 0 Å². The maximum Gasteiger partial charge on any atom is 0.238 e. The minimum Gasteiger partial charge on any atom is -0.434 e. The van der Waals surface area contributed by atoms with Crippen molar-refractivity contribution in [3.05, 3.63) is 47.7 Å². The zero-order chi connectivity index (χ0) is 15.5. The molecule has 2 rings (SSSR count). The fraction of sp³-hybridized carbons (Fsp3) is 0.375. The monoisotopic (exact) mass is 289 g/mol. The first-order valence-electron chi connectivity index (χ1n) is 6.83. The van der Waals surface area contributed by atoms with Gasteiger partial charge in [-0.2, -0.15) is 0 Å². The van der Waals surface area contributed by atoms with E-state index in [9.17, 15) is 4.39 Å². The lowest BCUT2D eigenvalue weighted by molar-refractivity contribution is 0.407. The lowest BCUT2D eigenvalue weighted by Crippen LogP contribution is -2.35. The van der Waals surface area contributed by atoms with E-state index < -0.39 is 5.82 Å². The number of hydrogen-bond donors (Lipinski definition) is 1. The van der Waals surface area contributed by atoms with Crippen LogP contribution in [0.25, 0.3) is 0 Å². The zero-order valence-corrected chi connectivity index (χ0v) is 12.8. The van der Waals surface area contributed by atoms with Crippen molar-refractivity contribution in [2.24, 2.45) is 0 Å². The molecule has 0 aliphatic carbocycles. The van der Waals surface area contributed by atoms with E-state index >= 15 is 0 Å². The highest BCUT2D eigenvalue weighted by molar-refractivity contribution is 5.32. The summed E-state index contributed by atoms with van der Waals surface area (Å²) in [4.78, 5) is 8.41. The molecule has 21 heavy (non-hydrogen) atoms. The largest absolute Gasteiger partial charge is 0.434 e. The number of aromatic nitrogens is 2. The Morgan fingerprint density at radius 2 is 2.00 bits per heavy atom. The molecule has 0 aliphatic rings. The van der Waals surface area contributed by atoms with Gasteiger partial charge >= 0.3 is 0 Å². The highest BCUT2D eigenvalue weighted by Crippen LogP contribution is 2.23. The number of nitrogens with zero attached hydrogens (tertiary/aromatic N) is 2. The molecule has 4 nitrogen and oxygen atoms in total. The van der Waals surface area contributed by atoms with Gasteiger partial charge in [0.15, 0.2) is 11.6 Å². The van der Waals surface area contributed by atoms with Gasteiger partial charge in [-0.3, -0.25) is 4.98 Å². The number of nitrogens with one attached hydrogen (secondary N) is 1. The van der Waals surface area contributed by atoms with Crippen molar-refractivity contribution in [1.82, 2.24) is 15.3 Å². The fourth-order valence-electron chi connectivity index (χ4n) is 1.68. The third kappa shape index (κ3) is 4.79. The van der Waals surface area contributed by atoms with E-state index in [0.29, 0.717) is 6.54 Å². The van der Waals surface area contributed by atoms with Gasteiger partial charge in [-0.25, -0.2) is 9.37 Å².